The fourth-order valence-corrected chi connectivity index (χ4v) is 1.97. The van der Waals surface area contributed by atoms with Crippen LogP contribution < -0.4 is 5.43 Å². The lowest BCUT2D eigenvalue weighted by atomic mass is 10.1. The van der Waals surface area contributed by atoms with Crippen LogP contribution in [0.1, 0.15) is 52.5 Å². The third kappa shape index (κ3) is 2.50. The zero-order valence-corrected chi connectivity index (χ0v) is 11.0. The van der Waals surface area contributed by atoms with E-state index in [1.807, 2.05) is 13.8 Å². The molecule has 5 heteroatoms. The first-order valence-electron chi connectivity index (χ1n) is 6.33. The van der Waals surface area contributed by atoms with Crippen LogP contribution in [0.4, 0.5) is 0 Å². The molecular weight excluding hydrogens is 244 g/mol. The summed E-state index contributed by atoms with van der Waals surface area (Å²) in [5.74, 6) is -1.24. The molecule has 2 rings (SSSR count). The third-order valence-electron chi connectivity index (χ3n) is 3.04. The predicted octanol–water partition coefficient (Wildman–Crippen LogP) is 1.81. The van der Waals surface area contributed by atoms with Gasteiger partial charge < -0.3 is 0 Å². The van der Waals surface area contributed by atoms with E-state index in [-0.39, 0.29) is 5.91 Å². The number of imide groups is 1. The molecule has 5 nitrogen and oxygen atoms in total. The summed E-state index contributed by atoms with van der Waals surface area (Å²) in [7, 11) is 0. The van der Waals surface area contributed by atoms with E-state index in [4.69, 9.17) is 0 Å². The van der Waals surface area contributed by atoms with Crippen LogP contribution in [0, 0.1) is 6.92 Å². The van der Waals surface area contributed by atoms with E-state index in [2.05, 4.69) is 5.43 Å². The summed E-state index contributed by atoms with van der Waals surface area (Å²) >= 11 is 0. The summed E-state index contributed by atoms with van der Waals surface area (Å²) < 4.78 is 0. The van der Waals surface area contributed by atoms with Gasteiger partial charge in [-0.05, 0) is 25.5 Å². The Kier molecular flexibility index (Phi) is 3.64. The van der Waals surface area contributed by atoms with Gasteiger partial charge in [-0.3, -0.25) is 19.8 Å². The summed E-state index contributed by atoms with van der Waals surface area (Å²) in [5.41, 5.74) is 3.96. The normalized spacial score (nSPS) is 13.7. The Bertz CT molecular complexity index is 552. The van der Waals surface area contributed by atoms with Crippen molar-refractivity contribution in [3.05, 3.63) is 34.9 Å². The van der Waals surface area contributed by atoms with Crippen LogP contribution in [0.5, 0.6) is 0 Å². The highest BCUT2D eigenvalue weighted by molar-refractivity contribution is 6.21. The number of carbonyl (C=O) groups excluding carboxylic acids is 3. The highest BCUT2D eigenvalue weighted by Gasteiger charge is 2.36. The average molecular weight is 260 g/mol. The lowest BCUT2D eigenvalue weighted by Gasteiger charge is -2.14. The second-order valence-electron chi connectivity index (χ2n) is 4.63. The maximum absolute atomic E-state index is 12.1. The van der Waals surface area contributed by atoms with Gasteiger partial charge >= 0.3 is 0 Å². The van der Waals surface area contributed by atoms with Crippen LogP contribution in [0.15, 0.2) is 18.2 Å². The van der Waals surface area contributed by atoms with E-state index < -0.39 is 11.8 Å². The highest BCUT2D eigenvalue weighted by Crippen LogP contribution is 2.22. The van der Waals surface area contributed by atoms with Gasteiger partial charge in [-0.15, -0.1) is 0 Å². The van der Waals surface area contributed by atoms with Gasteiger partial charge in [0.1, 0.15) is 0 Å². The molecule has 0 aliphatic carbocycles. The Balaban J connectivity index is 2.16. The SMILES string of the molecule is CCCCC(=O)NN1C(=O)c2ccc(C)cc2C1=O. The monoisotopic (exact) mass is 260 g/mol. The summed E-state index contributed by atoms with van der Waals surface area (Å²) in [6.45, 7) is 3.82. The Morgan fingerprint density at radius 2 is 1.89 bits per heavy atom. The van der Waals surface area contributed by atoms with Crippen molar-refractivity contribution >= 4 is 17.7 Å². The first-order chi connectivity index (χ1) is 9.04. The molecule has 1 N–H and O–H groups in total. The van der Waals surface area contributed by atoms with Crippen LogP contribution in [0.3, 0.4) is 0 Å². The molecule has 0 fully saturated rings. The van der Waals surface area contributed by atoms with Crippen molar-refractivity contribution in [2.45, 2.75) is 33.1 Å². The minimum Gasteiger partial charge on any atom is -0.273 e. The molecule has 0 aromatic heterocycles. The van der Waals surface area contributed by atoms with Crippen molar-refractivity contribution in [3.63, 3.8) is 0 Å². The molecule has 3 amide bonds. The molecule has 1 aromatic carbocycles. The maximum Gasteiger partial charge on any atom is 0.280 e. The molecule has 0 spiro atoms. The van der Waals surface area contributed by atoms with Gasteiger partial charge in [-0.2, -0.15) is 5.01 Å². The Hall–Kier alpha value is -2.17. The molecule has 19 heavy (non-hydrogen) atoms. The third-order valence-corrected chi connectivity index (χ3v) is 3.04. The minimum absolute atomic E-state index is 0.308. The number of nitrogens with zero attached hydrogens (tertiary/aromatic N) is 1. The molecule has 1 heterocycles. The van der Waals surface area contributed by atoms with Crippen molar-refractivity contribution < 1.29 is 14.4 Å². The van der Waals surface area contributed by atoms with E-state index in [1.54, 1.807) is 18.2 Å². The van der Waals surface area contributed by atoms with Crippen LogP contribution >= 0.6 is 0 Å². The van der Waals surface area contributed by atoms with Gasteiger partial charge in [0, 0.05) is 6.42 Å². The van der Waals surface area contributed by atoms with E-state index in [0.717, 1.165) is 23.4 Å². The van der Waals surface area contributed by atoms with Gasteiger partial charge in [0.15, 0.2) is 0 Å². The van der Waals surface area contributed by atoms with Crippen LogP contribution in [0.25, 0.3) is 0 Å². The van der Waals surface area contributed by atoms with Crippen LogP contribution in [0.2, 0.25) is 0 Å². The number of nitrogens with one attached hydrogen (secondary N) is 1. The summed E-state index contributed by atoms with van der Waals surface area (Å²) in [6.07, 6.45) is 1.92. The average Bonchev–Trinajstić information content (AvgIpc) is 2.61. The molecule has 0 bridgehead atoms. The highest BCUT2D eigenvalue weighted by atomic mass is 16.2. The van der Waals surface area contributed by atoms with Crippen LogP contribution in [-0.4, -0.2) is 22.7 Å². The topological polar surface area (TPSA) is 66.5 Å². The number of benzene rings is 1. The molecule has 100 valence electrons. The van der Waals surface area contributed by atoms with Crippen molar-refractivity contribution in [2.75, 3.05) is 0 Å². The second kappa shape index (κ2) is 5.22. The van der Waals surface area contributed by atoms with E-state index in [0.29, 0.717) is 17.5 Å². The molecular formula is C14H16N2O3. The number of carbonyl (C=O) groups is 3. The Labute approximate surface area is 111 Å². The largest absolute Gasteiger partial charge is 0.280 e. The number of amides is 3. The summed E-state index contributed by atoms with van der Waals surface area (Å²) in [4.78, 5) is 35.7. The first-order valence-corrected chi connectivity index (χ1v) is 6.33. The fourth-order valence-electron chi connectivity index (χ4n) is 1.97. The maximum atomic E-state index is 12.1. The predicted molar refractivity (Wildman–Crippen MR) is 69.3 cm³/mol. The first kappa shape index (κ1) is 13.3. The van der Waals surface area contributed by atoms with Gasteiger partial charge in [-0.25, -0.2) is 0 Å². The van der Waals surface area contributed by atoms with Crippen molar-refractivity contribution in [3.8, 4) is 0 Å². The van der Waals surface area contributed by atoms with Crippen LogP contribution in [-0.2, 0) is 4.79 Å². The van der Waals surface area contributed by atoms with Crippen molar-refractivity contribution in [2.24, 2.45) is 0 Å². The lowest BCUT2D eigenvalue weighted by Crippen LogP contribution is -2.45. The second-order valence-corrected chi connectivity index (χ2v) is 4.63. The standard InChI is InChI=1S/C14H16N2O3/c1-3-4-5-12(17)15-16-13(18)10-7-6-9(2)8-11(10)14(16)19/h6-8H,3-5H2,1-2H3,(H,15,17). The number of hydrazine groups is 1. The van der Waals surface area contributed by atoms with Gasteiger partial charge in [0.2, 0.25) is 5.91 Å². The smallest absolute Gasteiger partial charge is 0.273 e. The van der Waals surface area contributed by atoms with Gasteiger partial charge in [0.05, 0.1) is 11.1 Å². The molecule has 0 unspecified atom stereocenters. The van der Waals surface area contributed by atoms with E-state index in [1.165, 1.54) is 0 Å². The molecule has 1 aliphatic rings. The fraction of sp³-hybridized carbons (Fsp3) is 0.357. The molecule has 0 atom stereocenters. The zero-order valence-electron chi connectivity index (χ0n) is 11.0. The summed E-state index contributed by atoms with van der Waals surface area (Å²) in [5, 5.41) is 0.808. The van der Waals surface area contributed by atoms with Gasteiger partial charge in [-0.1, -0.05) is 25.0 Å². The number of hydrogen-bond acceptors (Lipinski definition) is 3. The Morgan fingerprint density at radius 3 is 2.58 bits per heavy atom. The molecule has 0 radical (unpaired) electrons. The zero-order chi connectivity index (χ0) is 14.0. The molecule has 0 saturated carbocycles. The van der Waals surface area contributed by atoms with E-state index >= 15 is 0 Å². The van der Waals surface area contributed by atoms with Gasteiger partial charge in [0.25, 0.3) is 11.8 Å². The minimum atomic E-state index is -0.468. The number of unbranched alkanes of at least 4 members (excludes halogenated alkanes) is 1. The number of fused-ring (bicyclic) bond motifs is 1. The molecule has 1 aromatic rings. The molecule has 1 aliphatic heterocycles. The quantitative estimate of drug-likeness (QED) is 0.840. The molecule has 0 saturated heterocycles. The summed E-state index contributed by atoms with van der Waals surface area (Å²) in [6, 6.07) is 5.04. The van der Waals surface area contributed by atoms with E-state index in [9.17, 15) is 14.4 Å². The number of rotatable bonds is 4. The number of aryl methyl sites for hydroxylation is 1. The Morgan fingerprint density at radius 1 is 1.21 bits per heavy atom. The lowest BCUT2D eigenvalue weighted by molar-refractivity contribution is -0.124. The van der Waals surface area contributed by atoms with Crippen molar-refractivity contribution in [1.82, 2.24) is 10.4 Å². The number of hydrogen-bond donors (Lipinski definition) is 1. The van der Waals surface area contributed by atoms with Crippen molar-refractivity contribution in [1.29, 1.82) is 0 Å².